The Kier molecular flexibility index (Phi) is 4.49. The second-order valence-corrected chi connectivity index (χ2v) is 3.43. The lowest BCUT2D eigenvalue weighted by Gasteiger charge is -2.07. The molecule has 0 atom stereocenters. The molecular weight excluding hydrogens is 204 g/mol. The summed E-state index contributed by atoms with van der Waals surface area (Å²) in [6.07, 6.45) is 0. The highest BCUT2D eigenvalue weighted by Gasteiger charge is 2.02. The molecule has 16 heavy (non-hydrogen) atoms. The topological polar surface area (TPSA) is 62.1 Å². The number of nitrogens with zero attached hydrogens (tertiary/aromatic N) is 1. The Morgan fingerprint density at radius 2 is 2.31 bits per heavy atom. The molecule has 84 valence electrons. The number of rotatable bonds is 4. The van der Waals surface area contributed by atoms with Gasteiger partial charge in [0.1, 0.15) is 0 Å². The normalized spacial score (nSPS) is 9.56. The third-order valence-electron chi connectivity index (χ3n) is 2.28. The number of carbonyl (C=O) groups is 1. The van der Waals surface area contributed by atoms with Crippen LogP contribution in [0.4, 0.5) is 0 Å². The van der Waals surface area contributed by atoms with E-state index in [1.54, 1.807) is 6.07 Å². The van der Waals surface area contributed by atoms with Crippen LogP contribution in [0.15, 0.2) is 18.2 Å². The molecule has 0 aliphatic rings. The minimum atomic E-state index is -0.286. The molecule has 0 spiro atoms. The van der Waals surface area contributed by atoms with Crippen LogP contribution < -0.4 is 5.32 Å². The predicted molar refractivity (Wildman–Crippen MR) is 59.6 cm³/mol. The van der Waals surface area contributed by atoms with Gasteiger partial charge in [0, 0.05) is 6.54 Å². The van der Waals surface area contributed by atoms with Crippen LogP contribution in [0.1, 0.15) is 16.7 Å². The first-order valence-electron chi connectivity index (χ1n) is 4.94. The average Bonchev–Trinajstić information content (AvgIpc) is 2.30. The predicted octanol–water partition coefficient (Wildman–Crippen LogP) is 1.13. The van der Waals surface area contributed by atoms with Crippen molar-refractivity contribution in [1.82, 2.24) is 5.32 Å². The van der Waals surface area contributed by atoms with E-state index in [4.69, 9.17) is 5.26 Å². The fourth-order valence-electron chi connectivity index (χ4n) is 1.34. The second kappa shape index (κ2) is 5.89. The summed E-state index contributed by atoms with van der Waals surface area (Å²) in [5.41, 5.74) is 2.76. The number of ether oxygens (including phenoxy) is 1. The molecule has 0 fully saturated rings. The largest absolute Gasteiger partial charge is 0.468 e. The molecule has 0 aliphatic heterocycles. The number of aryl methyl sites for hydroxylation is 1. The van der Waals surface area contributed by atoms with E-state index in [1.807, 2.05) is 19.1 Å². The van der Waals surface area contributed by atoms with Crippen molar-refractivity contribution in [2.24, 2.45) is 0 Å². The Labute approximate surface area is 94.8 Å². The zero-order valence-electron chi connectivity index (χ0n) is 9.41. The van der Waals surface area contributed by atoms with Crippen molar-refractivity contribution in [3.05, 3.63) is 34.9 Å². The van der Waals surface area contributed by atoms with Crippen LogP contribution in [-0.2, 0) is 16.1 Å². The van der Waals surface area contributed by atoms with Gasteiger partial charge in [-0.25, -0.2) is 0 Å². The van der Waals surface area contributed by atoms with Gasteiger partial charge in [-0.3, -0.25) is 4.79 Å². The minimum Gasteiger partial charge on any atom is -0.468 e. The summed E-state index contributed by atoms with van der Waals surface area (Å²) in [5.74, 6) is -0.286. The van der Waals surface area contributed by atoms with Gasteiger partial charge in [-0.05, 0) is 30.2 Å². The Morgan fingerprint density at radius 1 is 1.56 bits per heavy atom. The van der Waals surface area contributed by atoms with Gasteiger partial charge in [-0.2, -0.15) is 5.26 Å². The van der Waals surface area contributed by atoms with Crippen molar-refractivity contribution < 1.29 is 9.53 Å². The van der Waals surface area contributed by atoms with Gasteiger partial charge in [0.2, 0.25) is 0 Å². The summed E-state index contributed by atoms with van der Waals surface area (Å²) in [6.45, 7) is 2.72. The summed E-state index contributed by atoms with van der Waals surface area (Å²) in [5, 5.41) is 11.7. The Balaban J connectivity index is 2.55. The molecule has 0 bridgehead atoms. The highest BCUT2D eigenvalue weighted by molar-refractivity contribution is 5.71. The number of benzene rings is 1. The number of methoxy groups -OCH3 is 1. The molecule has 0 aromatic heterocycles. The first-order valence-corrected chi connectivity index (χ1v) is 4.94. The van der Waals surface area contributed by atoms with E-state index in [0.29, 0.717) is 12.1 Å². The molecule has 0 amide bonds. The monoisotopic (exact) mass is 218 g/mol. The minimum absolute atomic E-state index is 0.190. The average molecular weight is 218 g/mol. The first-order chi connectivity index (χ1) is 7.67. The molecule has 1 N–H and O–H groups in total. The zero-order chi connectivity index (χ0) is 12.0. The van der Waals surface area contributed by atoms with Gasteiger partial charge >= 0.3 is 5.97 Å². The molecular formula is C12H14N2O2. The molecule has 0 aliphatic carbocycles. The first kappa shape index (κ1) is 12.2. The summed E-state index contributed by atoms with van der Waals surface area (Å²) >= 11 is 0. The maximum Gasteiger partial charge on any atom is 0.319 e. The lowest BCUT2D eigenvalue weighted by Crippen LogP contribution is -2.23. The van der Waals surface area contributed by atoms with Gasteiger partial charge in [0.05, 0.1) is 25.3 Å². The lowest BCUT2D eigenvalue weighted by molar-refractivity contribution is -0.139. The van der Waals surface area contributed by atoms with Crippen LogP contribution in [0.2, 0.25) is 0 Å². The van der Waals surface area contributed by atoms with Crippen LogP contribution in [0.5, 0.6) is 0 Å². The molecule has 4 heteroatoms. The van der Waals surface area contributed by atoms with Crippen LogP contribution in [-0.4, -0.2) is 19.6 Å². The lowest BCUT2D eigenvalue weighted by atomic mass is 10.1. The van der Waals surface area contributed by atoms with Crippen LogP contribution in [0, 0.1) is 18.3 Å². The van der Waals surface area contributed by atoms with Crippen molar-refractivity contribution in [3.8, 4) is 6.07 Å². The van der Waals surface area contributed by atoms with E-state index in [9.17, 15) is 4.79 Å². The van der Waals surface area contributed by atoms with E-state index in [1.165, 1.54) is 7.11 Å². The van der Waals surface area contributed by atoms with Crippen LogP contribution >= 0.6 is 0 Å². The van der Waals surface area contributed by atoms with E-state index in [2.05, 4.69) is 16.1 Å². The van der Waals surface area contributed by atoms with Crippen molar-refractivity contribution in [2.45, 2.75) is 13.5 Å². The molecule has 4 nitrogen and oxygen atoms in total. The van der Waals surface area contributed by atoms with Gasteiger partial charge in [-0.15, -0.1) is 0 Å². The van der Waals surface area contributed by atoms with Gasteiger partial charge < -0.3 is 10.1 Å². The molecule has 0 heterocycles. The molecule has 1 aromatic rings. The quantitative estimate of drug-likeness (QED) is 0.769. The summed E-state index contributed by atoms with van der Waals surface area (Å²) < 4.78 is 4.51. The van der Waals surface area contributed by atoms with Crippen molar-refractivity contribution in [2.75, 3.05) is 13.7 Å². The smallest absolute Gasteiger partial charge is 0.319 e. The van der Waals surface area contributed by atoms with E-state index in [-0.39, 0.29) is 12.5 Å². The fraction of sp³-hybridized carbons (Fsp3) is 0.333. The highest BCUT2D eigenvalue weighted by Crippen LogP contribution is 2.10. The molecule has 0 radical (unpaired) electrons. The summed E-state index contributed by atoms with van der Waals surface area (Å²) in [4.78, 5) is 10.9. The SMILES string of the molecule is COC(=O)CNCc1ccc(C#N)cc1C. The molecule has 0 unspecified atom stereocenters. The Morgan fingerprint density at radius 3 is 2.88 bits per heavy atom. The number of nitrogens with one attached hydrogen (secondary N) is 1. The highest BCUT2D eigenvalue weighted by atomic mass is 16.5. The molecule has 0 saturated heterocycles. The van der Waals surface area contributed by atoms with E-state index >= 15 is 0 Å². The molecule has 1 aromatic carbocycles. The Bertz CT molecular complexity index is 422. The van der Waals surface area contributed by atoms with Crippen LogP contribution in [0.3, 0.4) is 0 Å². The molecule has 1 rings (SSSR count). The number of hydrogen-bond acceptors (Lipinski definition) is 4. The second-order valence-electron chi connectivity index (χ2n) is 3.43. The van der Waals surface area contributed by atoms with Crippen molar-refractivity contribution in [3.63, 3.8) is 0 Å². The summed E-state index contributed by atoms with van der Waals surface area (Å²) in [7, 11) is 1.36. The van der Waals surface area contributed by atoms with Crippen molar-refractivity contribution in [1.29, 1.82) is 5.26 Å². The standard InChI is InChI=1S/C12H14N2O2/c1-9-5-10(6-13)3-4-11(9)7-14-8-12(15)16-2/h3-5,14H,7-8H2,1-2H3. The number of hydrogen-bond donors (Lipinski definition) is 1. The number of carbonyl (C=O) groups excluding carboxylic acids is 1. The van der Waals surface area contributed by atoms with Crippen molar-refractivity contribution >= 4 is 5.97 Å². The summed E-state index contributed by atoms with van der Waals surface area (Å²) in [6, 6.07) is 7.57. The Hall–Kier alpha value is -1.86. The maximum atomic E-state index is 10.9. The van der Waals surface area contributed by atoms with E-state index < -0.39 is 0 Å². The zero-order valence-corrected chi connectivity index (χ0v) is 9.41. The van der Waals surface area contributed by atoms with Gasteiger partial charge in [0.25, 0.3) is 0 Å². The molecule has 0 saturated carbocycles. The third kappa shape index (κ3) is 3.37. The third-order valence-corrected chi connectivity index (χ3v) is 2.28. The van der Waals surface area contributed by atoms with Crippen LogP contribution in [0.25, 0.3) is 0 Å². The number of esters is 1. The fourth-order valence-corrected chi connectivity index (χ4v) is 1.34. The maximum absolute atomic E-state index is 10.9. The van der Waals surface area contributed by atoms with E-state index in [0.717, 1.165) is 11.1 Å². The van der Waals surface area contributed by atoms with Gasteiger partial charge in [-0.1, -0.05) is 6.07 Å². The number of nitriles is 1. The van der Waals surface area contributed by atoms with Gasteiger partial charge in [0.15, 0.2) is 0 Å².